The Morgan fingerprint density at radius 1 is 1.19 bits per heavy atom. The maximum atomic E-state index is 13.1. The number of esters is 1. The van der Waals surface area contributed by atoms with Gasteiger partial charge >= 0.3 is 5.97 Å². The summed E-state index contributed by atoms with van der Waals surface area (Å²) in [5, 5.41) is 2.45. The van der Waals surface area contributed by atoms with Crippen LogP contribution in [-0.2, 0) is 24.3 Å². The van der Waals surface area contributed by atoms with Crippen LogP contribution in [0.3, 0.4) is 0 Å². The Labute approximate surface area is 190 Å². The highest BCUT2D eigenvalue weighted by molar-refractivity contribution is 7.89. The first kappa shape index (κ1) is 24.1. The van der Waals surface area contributed by atoms with Crippen molar-refractivity contribution in [3.05, 3.63) is 58.4 Å². The number of nitrogens with one attached hydrogen (secondary N) is 1. The number of carbonyl (C=O) groups excluding carboxylic acids is 2. The highest BCUT2D eigenvalue weighted by atomic mass is 35.5. The summed E-state index contributed by atoms with van der Waals surface area (Å²) in [4.78, 5) is 24.9. The van der Waals surface area contributed by atoms with Crippen molar-refractivity contribution in [1.82, 2.24) is 4.31 Å². The molecule has 0 unspecified atom stereocenters. The SMILES string of the molecule is Cc1ccc(C(=O)O[C@@H](C)C(=O)Nc2ccc(F)cc2Cl)cc1S(=O)(=O)N1CCOCC1. The van der Waals surface area contributed by atoms with E-state index in [4.69, 9.17) is 21.1 Å². The molecule has 1 amide bonds. The first-order chi connectivity index (χ1) is 15.1. The lowest BCUT2D eigenvalue weighted by Crippen LogP contribution is -2.40. The fraction of sp³-hybridized carbons (Fsp3) is 0.333. The van der Waals surface area contributed by atoms with Gasteiger partial charge in [0.1, 0.15) is 5.82 Å². The van der Waals surface area contributed by atoms with Gasteiger partial charge in [-0.25, -0.2) is 17.6 Å². The molecule has 2 aromatic carbocycles. The number of benzene rings is 2. The smallest absolute Gasteiger partial charge is 0.338 e. The standard InChI is InChI=1S/C21H22ClFN2O6S/c1-13-3-4-15(11-19(13)32(28,29)25-7-9-30-10-8-25)21(27)31-14(2)20(26)24-18-6-5-16(23)12-17(18)22/h3-6,11-12,14H,7-10H2,1-2H3,(H,24,26)/t14-/m0/s1. The van der Waals surface area contributed by atoms with Gasteiger partial charge in [-0.15, -0.1) is 0 Å². The van der Waals surface area contributed by atoms with Gasteiger partial charge in [0.15, 0.2) is 6.10 Å². The summed E-state index contributed by atoms with van der Waals surface area (Å²) in [6.45, 7) is 4.02. The minimum atomic E-state index is -3.82. The summed E-state index contributed by atoms with van der Waals surface area (Å²) in [7, 11) is -3.82. The number of hydrogen-bond donors (Lipinski definition) is 1. The van der Waals surface area contributed by atoms with Gasteiger partial charge < -0.3 is 14.8 Å². The van der Waals surface area contributed by atoms with Crippen molar-refractivity contribution in [2.75, 3.05) is 31.6 Å². The second-order valence-corrected chi connectivity index (χ2v) is 9.47. The molecule has 1 heterocycles. The number of nitrogens with zero attached hydrogens (tertiary/aromatic N) is 1. The van der Waals surface area contributed by atoms with Crippen LogP contribution in [0.15, 0.2) is 41.3 Å². The van der Waals surface area contributed by atoms with Crippen LogP contribution in [0.1, 0.15) is 22.8 Å². The summed E-state index contributed by atoms with van der Waals surface area (Å²) in [6, 6.07) is 7.62. The number of carbonyl (C=O) groups is 2. The third kappa shape index (κ3) is 5.44. The van der Waals surface area contributed by atoms with Crippen LogP contribution in [0.4, 0.5) is 10.1 Å². The molecule has 11 heteroatoms. The van der Waals surface area contributed by atoms with Gasteiger partial charge in [0.05, 0.1) is 34.4 Å². The number of halogens is 2. The number of sulfonamides is 1. The molecule has 2 aromatic rings. The zero-order valence-corrected chi connectivity index (χ0v) is 19.0. The van der Waals surface area contributed by atoms with Gasteiger partial charge in [-0.1, -0.05) is 17.7 Å². The zero-order chi connectivity index (χ0) is 23.5. The molecule has 1 N–H and O–H groups in total. The summed E-state index contributed by atoms with van der Waals surface area (Å²) >= 11 is 5.89. The maximum Gasteiger partial charge on any atom is 0.338 e. The molecular formula is C21H22ClFN2O6S. The topological polar surface area (TPSA) is 102 Å². The number of amides is 1. The molecule has 8 nitrogen and oxygen atoms in total. The number of aryl methyl sites for hydroxylation is 1. The van der Waals surface area contributed by atoms with E-state index in [0.717, 1.165) is 12.1 Å². The number of ether oxygens (including phenoxy) is 2. The summed E-state index contributed by atoms with van der Waals surface area (Å²) in [5.41, 5.74) is 0.627. The van der Waals surface area contributed by atoms with E-state index in [0.29, 0.717) is 18.8 Å². The minimum absolute atomic E-state index is 0.00614. The quantitative estimate of drug-likeness (QED) is 0.632. The summed E-state index contributed by atoms with van der Waals surface area (Å²) in [6.07, 6.45) is -1.22. The number of rotatable bonds is 6. The summed E-state index contributed by atoms with van der Waals surface area (Å²) in [5.74, 6) is -2.11. The average molecular weight is 485 g/mol. The Hall–Kier alpha value is -2.53. The fourth-order valence-corrected chi connectivity index (χ4v) is 4.91. The van der Waals surface area contributed by atoms with Crippen molar-refractivity contribution in [2.45, 2.75) is 24.8 Å². The van der Waals surface area contributed by atoms with Crippen molar-refractivity contribution < 1.29 is 31.9 Å². The lowest BCUT2D eigenvalue weighted by atomic mass is 10.1. The van der Waals surface area contributed by atoms with E-state index in [1.165, 1.54) is 35.5 Å². The second-order valence-electron chi connectivity index (χ2n) is 7.16. The summed E-state index contributed by atoms with van der Waals surface area (Å²) < 4.78 is 50.8. The number of anilines is 1. The predicted molar refractivity (Wildman–Crippen MR) is 116 cm³/mol. The first-order valence-electron chi connectivity index (χ1n) is 9.75. The van der Waals surface area contributed by atoms with Gasteiger partial charge in [0.2, 0.25) is 10.0 Å². The van der Waals surface area contributed by atoms with Crippen molar-refractivity contribution >= 4 is 39.2 Å². The van der Waals surface area contributed by atoms with E-state index in [1.54, 1.807) is 6.92 Å². The molecule has 0 saturated carbocycles. The molecule has 1 aliphatic rings. The normalized spacial score (nSPS) is 15.8. The largest absolute Gasteiger partial charge is 0.449 e. The number of morpholine rings is 1. The Morgan fingerprint density at radius 3 is 2.53 bits per heavy atom. The number of hydrogen-bond acceptors (Lipinski definition) is 6. The van der Waals surface area contributed by atoms with Gasteiger partial charge in [0.25, 0.3) is 5.91 Å². The molecule has 172 valence electrons. The van der Waals surface area contributed by atoms with Crippen LogP contribution < -0.4 is 5.32 Å². The van der Waals surface area contributed by atoms with Crippen LogP contribution in [0.2, 0.25) is 5.02 Å². The van der Waals surface area contributed by atoms with E-state index in [2.05, 4.69) is 5.32 Å². The van der Waals surface area contributed by atoms with E-state index < -0.39 is 33.8 Å². The first-order valence-corrected chi connectivity index (χ1v) is 11.6. The molecule has 0 aliphatic carbocycles. The minimum Gasteiger partial charge on any atom is -0.449 e. The van der Waals surface area contributed by atoms with Crippen LogP contribution >= 0.6 is 11.6 Å². The monoisotopic (exact) mass is 484 g/mol. The third-order valence-electron chi connectivity index (χ3n) is 4.85. The van der Waals surface area contributed by atoms with Crippen LogP contribution in [0.25, 0.3) is 0 Å². The molecule has 1 saturated heterocycles. The van der Waals surface area contributed by atoms with Crippen molar-refractivity contribution in [3.8, 4) is 0 Å². The molecule has 0 radical (unpaired) electrons. The Kier molecular flexibility index (Phi) is 7.50. The zero-order valence-electron chi connectivity index (χ0n) is 17.4. The molecule has 0 bridgehead atoms. The molecule has 32 heavy (non-hydrogen) atoms. The van der Waals surface area contributed by atoms with Crippen molar-refractivity contribution in [2.24, 2.45) is 0 Å². The van der Waals surface area contributed by atoms with E-state index in [9.17, 15) is 22.4 Å². The molecule has 3 rings (SSSR count). The van der Waals surface area contributed by atoms with Crippen LogP contribution in [-0.4, -0.2) is 57.0 Å². The Balaban J connectivity index is 1.73. The van der Waals surface area contributed by atoms with Crippen molar-refractivity contribution in [1.29, 1.82) is 0 Å². The van der Waals surface area contributed by atoms with Crippen molar-refractivity contribution in [3.63, 3.8) is 0 Å². The van der Waals surface area contributed by atoms with E-state index in [1.807, 2.05) is 0 Å². The molecule has 1 atom stereocenters. The van der Waals surface area contributed by atoms with Gasteiger partial charge in [-0.2, -0.15) is 4.31 Å². The highest BCUT2D eigenvalue weighted by Gasteiger charge is 2.29. The van der Waals surface area contributed by atoms with Crippen LogP contribution in [0.5, 0.6) is 0 Å². The van der Waals surface area contributed by atoms with Gasteiger partial charge in [-0.3, -0.25) is 4.79 Å². The Bertz CT molecular complexity index is 1140. The molecular weight excluding hydrogens is 463 g/mol. The van der Waals surface area contributed by atoms with Gasteiger partial charge in [-0.05, 0) is 49.7 Å². The van der Waals surface area contributed by atoms with Crippen LogP contribution in [0, 0.1) is 12.7 Å². The van der Waals surface area contributed by atoms with E-state index in [-0.39, 0.29) is 34.3 Å². The maximum absolute atomic E-state index is 13.1. The Morgan fingerprint density at radius 2 is 1.88 bits per heavy atom. The molecule has 1 fully saturated rings. The third-order valence-corrected chi connectivity index (χ3v) is 7.21. The average Bonchev–Trinajstić information content (AvgIpc) is 2.76. The second kappa shape index (κ2) is 9.95. The van der Waals surface area contributed by atoms with Gasteiger partial charge in [0, 0.05) is 13.1 Å². The van der Waals surface area contributed by atoms with E-state index >= 15 is 0 Å². The predicted octanol–water partition coefficient (Wildman–Crippen LogP) is 2.99. The lowest BCUT2D eigenvalue weighted by Gasteiger charge is -2.26. The lowest BCUT2D eigenvalue weighted by molar-refractivity contribution is -0.123. The highest BCUT2D eigenvalue weighted by Crippen LogP contribution is 2.24. The fourth-order valence-electron chi connectivity index (χ4n) is 3.04. The molecule has 1 aliphatic heterocycles. The molecule has 0 aromatic heterocycles. The molecule has 0 spiro atoms.